The molecule has 2 rings (SSSR count). The maximum atomic E-state index is 10.8. The van der Waals surface area contributed by atoms with Crippen molar-refractivity contribution in [3.8, 4) is 10.4 Å². The van der Waals surface area contributed by atoms with Gasteiger partial charge >= 0.3 is 0 Å². The van der Waals surface area contributed by atoms with E-state index in [2.05, 4.69) is 43.1 Å². The first-order valence-corrected chi connectivity index (χ1v) is 10.4. The molecule has 0 amide bonds. The molecule has 2 unspecified atom stereocenters. The fourth-order valence-corrected chi connectivity index (χ4v) is 3.71. The second kappa shape index (κ2) is 9.30. The minimum atomic E-state index is -1.14. The van der Waals surface area contributed by atoms with Gasteiger partial charge in [0.05, 0.1) is 22.7 Å². The van der Waals surface area contributed by atoms with E-state index in [0.29, 0.717) is 12.5 Å². The van der Waals surface area contributed by atoms with Crippen LogP contribution in [0.3, 0.4) is 0 Å². The SMILES string of the molecule is Cc1ncsc1-c1ccc(CCCC(C)CCOS(C)=O)cc1. The molecule has 0 N–H and O–H groups in total. The molecule has 1 aromatic carbocycles. The molecule has 3 nitrogen and oxygen atoms in total. The van der Waals surface area contributed by atoms with E-state index in [1.54, 1.807) is 17.6 Å². The van der Waals surface area contributed by atoms with Crippen molar-refractivity contribution in [3.63, 3.8) is 0 Å². The van der Waals surface area contributed by atoms with Gasteiger partial charge in [-0.2, -0.15) is 0 Å². The monoisotopic (exact) mass is 351 g/mol. The molecular formula is C18H25NO2S2. The van der Waals surface area contributed by atoms with Gasteiger partial charge in [-0.05, 0) is 43.2 Å². The summed E-state index contributed by atoms with van der Waals surface area (Å²) < 4.78 is 15.9. The van der Waals surface area contributed by atoms with Crippen LogP contribution >= 0.6 is 11.3 Å². The normalized spacial score (nSPS) is 13.9. The minimum Gasteiger partial charge on any atom is -0.291 e. The lowest BCUT2D eigenvalue weighted by molar-refractivity contribution is 0.302. The van der Waals surface area contributed by atoms with Gasteiger partial charge in [-0.3, -0.25) is 4.18 Å². The van der Waals surface area contributed by atoms with E-state index in [-0.39, 0.29) is 0 Å². The van der Waals surface area contributed by atoms with Gasteiger partial charge in [-0.25, -0.2) is 9.19 Å². The first kappa shape index (κ1) is 18.3. The molecule has 0 bridgehead atoms. The smallest absolute Gasteiger partial charge is 0.152 e. The van der Waals surface area contributed by atoms with Gasteiger partial charge in [0.15, 0.2) is 11.1 Å². The van der Waals surface area contributed by atoms with Crippen molar-refractivity contribution in [1.29, 1.82) is 0 Å². The third-order valence-corrected chi connectivity index (χ3v) is 5.46. The van der Waals surface area contributed by atoms with Gasteiger partial charge < -0.3 is 0 Å². The molecule has 1 heterocycles. The van der Waals surface area contributed by atoms with Gasteiger partial charge in [0, 0.05) is 6.26 Å². The zero-order valence-electron chi connectivity index (χ0n) is 14.1. The summed E-state index contributed by atoms with van der Waals surface area (Å²) in [7, 11) is 0. The maximum Gasteiger partial charge on any atom is 0.152 e. The largest absolute Gasteiger partial charge is 0.291 e. The highest BCUT2D eigenvalue weighted by Crippen LogP contribution is 2.27. The lowest BCUT2D eigenvalue weighted by Crippen LogP contribution is -2.03. The third kappa shape index (κ3) is 6.16. The van der Waals surface area contributed by atoms with E-state index >= 15 is 0 Å². The molecule has 2 aromatic rings. The van der Waals surface area contributed by atoms with Gasteiger partial charge in [0.2, 0.25) is 0 Å². The third-order valence-electron chi connectivity index (χ3n) is 3.98. The number of aryl methyl sites for hydroxylation is 2. The molecule has 5 heteroatoms. The van der Waals surface area contributed by atoms with Gasteiger partial charge in [0.25, 0.3) is 0 Å². The number of benzene rings is 1. The van der Waals surface area contributed by atoms with Crippen LogP contribution in [0.1, 0.15) is 37.4 Å². The Bertz CT molecular complexity index is 622. The highest BCUT2D eigenvalue weighted by molar-refractivity contribution is 7.79. The molecule has 0 saturated carbocycles. The summed E-state index contributed by atoms with van der Waals surface area (Å²) in [4.78, 5) is 5.57. The van der Waals surface area contributed by atoms with Crippen LogP contribution in [-0.4, -0.2) is 22.1 Å². The molecule has 0 aliphatic rings. The Kier molecular flexibility index (Phi) is 7.40. The van der Waals surface area contributed by atoms with Crippen LogP contribution in [0.5, 0.6) is 0 Å². The fourth-order valence-electron chi connectivity index (χ4n) is 2.57. The molecule has 0 spiro atoms. The summed E-state index contributed by atoms with van der Waals surface area (Å²) in [5.74, 6) is 0.609. The summed E-state index contributed by atoms with van der Waals surface area (Å²) in [6.45, 7) is 4.88. The number of thiazole rings is 1. The summed E-state index contributed by atoms with van der Waals surface area (Å²) >= 11 is 0.557. The molecule has 1 aromatic heterocycles. The van der Waals surface area contributed by atoms with Crippen molar-refractivity contribution in [3.05, 3.63) is 41.0 Å². The van der Waals surface area contributed by atoms with E-state index in [4.69, 9.17) is 4.18 Å². The van der Waals surface area contributed by atoms with Crippen LogP contribution in [0.4, 0.5) is 0 Å². The molecular weight excluding hydrogens is 326 g/mol. The van der Waals surface area contributed by atoms with E-state index in [1.165, 1.54) is 28.8 Å². The highest BCUT2D eigenvalue weighted by Gasteiger charge is 2.06. The summed E-state index contributed by atoms with van der Waals surface area (Å²) in [6.07, 6.45) is 6.00. The fraction of sp³-hybridized carbons (Fsp3) is 0.500. The first-order valence-electron chi connectivity index (χ1n) is 8.02. The van der Waals surface area contributed by atoms with Crippen LogP contribution < -0.4 is 0 Å². The predicted octanol–water partition coefficient (Wildman–Crippen LogP) is 4.78. The lowest BCUT2D eigenvalue weighted by Gasteiger charge is -2.10. The summed E-state index contributed by atoms with van der Waals surface area (Å²) in [5.41, 5.74) is 5.64. The van der Waals surface area contributed by atoms with E-state index in [9.17, 15) is 4.21 Å². The van der Waals surface area contributed by atoms with Crippen LogP contribution in [0, 0.1) is 12.8 Å². The molecule has 0 fully saturated rings. The van der Waals surface area contributed by atoms with Crippen molar-refractivity contribution >= 4 is 22.4 Å². The molecule has 0 saturated heterocycles. The number of hydrogen-bond donors (Lipinski definition) is 0. The molecule has 0 radical (unpaired) electrons. The Labute approximate surface area is 145 Å². The first-order chi connectivity index (χ1) is 11.1. The second-order valence-corrected chi connectivity index (χ2v) is 7.87. The standard InChI is InChI=1S/C18H25NO2S2/c1-14(11-12-21-23(3)20)5-4-6-16-7-9-17(10-8-16)18-15(2)19-13-22-18/h7-10,13-14H,4-6,11-12H2,1-3H3. The Hall–Kier alpha value is -1.04. The van der Waals surface area contributed by atoms with Crippen LogP contribution in [0.25, 0.3) is 10.4 Å². The van der Waals surface area contributed by atoms with Gasteiger partial charge in [0.1, 0.15) is 0 Å². The average Bonchev–Trinajstić information content (AvgIpc) is 2.94. The molecule has 0 aliphatic carbocycles. The molecule has 2 atom stereocenters. The van der Waals surface area contributed by atoms with Crippen molar-refractivity contribution < 1.29 is 8.39 Å². The van der Waals surface area contributed by atoms with Crippen molar-refractivity contribution in [2.45, 2.75) is 39.5 Å². The Morgan fingerprint density at radius 2 is 2.00 bits per heavy atom. The second-order valence-electron chi connectivity index (χ2n) is 5.97. The zero-order valence-corrected chi connectivity index (χ0v) is 15.7. The number of aromatic nitrogens is 1. The van der Waals surface area contributed by atoms with Crippen molar-refractivity contribution in [1.82, 2.24) is 4.98 Å². The molecule has 126 valence electrons. The van der Waals surface area contributed by atoms with E-state index in [1.807, 2.05) is 5.51 Å². The summed E-state index contributed by atoms with van der Waals surface area (Å²) in [6, 6.07) is 8.85. The van der Waals surface area contributed by atoms with Crippen molar-refractivity contribution in [2.75, 3.05) is 12.9 Å². The minimum absolute atomic E-state index is 0.590. The van der Waals surface area contributed by atoms with Gasteiger partial charge in [-0.15, -0.1) is 11.3 Å². The Morgan fingerprint density at radius 1 is 1.26 bits per heavy atom. The topological polar surface area (TPSA) is 39.2 Å². The van der Waals surface area contributed by atoms with Crippen molar-refractivity contribution in [2.24, 2.45) is 5.92 Å². The van der Waals surface area contributed by atoms with Crippen LogP contribution in [0.2, 0.25) is 0 Å². The zero-order chi connectivity index (χ0) is 16.7. The van der Waals surface area contributed by atoms with Crippen LogP contribution in [-0.2, 0) is 21.7 Å². The predicted molar refractivity (Wildman–Crippen MR) is 99.0 cm³/mol. The van der Waals surface area contributed by atoms with E-state index < -0.39 is 11.1 Å². The molecule has 23 heavy (non-hydrogen) atoms. The number of hydrogen-bond acceptors (Lipinski definition) is 4. The van der Waals surface area contributed by atoms with Crippen LogP contribution in [0.15, 0.2) is 29.8 Å². The Balaban J connectivity index is 1.74. The number of rotatable bonds is 9. The number of nitrogens with zero attached hydrogens (tertiary/aromatic N) is 1. The lowest BCUT2D eigenvalue weighted by atomic mass is 9.98. The van der Waals surface area contributed by atoms with Gasteiger partial charge in [-0.1, -0.05) is 37.6 Å². The maximum absolute atomic E-state index is 10.8. The molecule has 0 aliphatic heterocycles. The van der Waals surface area contributed by atoms with E-state index in [0.717, 1.165) is 18.5 Å². The highest BCUT2D eigenvalue weighted by atomic mass is 32.2. The average molecular weight is 352 g/mol. The summed E-state index contributed by atoms with van der Waals surface area (Å²) in [5, 5.41) is 0. The quantitative estimate of drug-likeness (QED) is 0.653. The Morgan fingerprint density at radius 3 is 2.61 bits per heavy atom.